The van der Waals surface area contributed by atoms with Gasteiger partial charge in [-0.2, -0.15) is 0 Å². The van der Waals surface area contributed by atoms with Gasteiger partial charge in [0.15, 0.2) is 5.78 Å². The molecule has 0 bridgehead atoms. The molecule has 1 unspecified atom stereocenters. The fourth-order valence-electron chi connectivity index (χ4n) is 1.38. The van der Waals surface area contributed by atoms with E-state index in [0.717, 1.165) is 19.4 Å². The predicted molar refractivity (Wildman–Crippen MR) is 49.3 cm³/mol. The molecular formula is C9H16N2O2. The molecule has 1 amide bonds. The summed E-state index contributed by atoms with van der Waals surface area (Å²) in [6.07, 6.45) is 2.15. The number of carbonyl (C=O) groups is 2. The van der Waals surface area contributed by atoms with E-state index in [9.17, 15) is 9.59 Å². The molecule has 1 rings (SSSR count). The van der Waals surface area contributed by atoms with E-state index in [1.165, 1.54) is 0 Å². The molecule has 0 radical (unpaired) electrons. The normalized spacial score (nSPS) is 23.8. The SMILES string of the molecule is CCC(=O)NC1CCCNCC1=O. The average Bonchev–Trinajstić information content (AvgIpc) is 2.32. The smallest absolute Gasteiger partial charge is 0.220 e. The number of hydrogen-bond acceptors (Lipinski definition) is 3. The zero-order valence-corrected chi connectivity index (χ0v) is 7.93. The van der Waals surface area contributed by atoms with Crippen molar-refractivity contribution in [3.05, 3.63) is 0 Å². The third kappa shape index (κ3) is 3.14. The minimum atomic E-state index is -0.262. The summed E-state index contributed by atoms with van der Waals surface area (Å²) in [7, 11) is 0. The van der Waals surface area contributed by atoms with E-state index in [1.54, 1.807) is 6.92 Å². The van der Waals surface area contributed by atoms with Gasteiger partial charge in [-0.1, -0.05) is 6.92 Å². The number of rotatable bonds is 2. The van der Waals surface area contributed by atoms with E-state index < -0.39 is 0 Å². The molecule has 0 aromatic rings. The van der Waals surface area contributed by atoms with Gasteiger partial charge in [0.25, 0.3) is 0 Å². The van der Waals surface area contributed by atoms with Gasteiger partial charge in [0, 0.05) is 6.42 Å². The average molecular weight is 184 g/mol. The van der Waals surface area contributed by atoms with Crippen molar-refractivity contribution in [3.8, 4) is 0 Å². The fourth-order valence-corrected chi connectivity index (χ4v) is 1.38. The molecule has 0 aromatic carbocycles. The van der Waals surface area contributed by atoms with Gasteiger partial charge in [-0.25, -0.2) is 0 Å². The van der Waals surface area contributed by atoms with Crippen LogP contribution in [0.1, 0.15) is 26.2 Å². The highest BCUT2D eigenvalue weighted by molar-refractivity contribution is 5.90. The van der Waals surface area contributed by atoms with Gasteiger partial charge in [0.2, 0.25) is 5.91 Å². The number of amides is 1. The van der Waals surface area contributed by atoms with Crippen molar-refractivity contribution in [1.29, 1.82) is 0 Å². The molecular weight excluding hydrogens is 168 g/mol. The molecule has 1 saturated heterocycles. The first-order valence-corrected chi connectivity index (χ1v) is 4.77. The largest absolute Gasteiger partial charge is 0.346 e. The number of ketones is 1. The van der Waals surface area contributed by atoms with Crippen LogP contribution in [-0.4, -0.2) is 30.8 Å². The molecule has 1 atom stereocenters. The zero-order chi connectivity index (χ0) is 9.68. The van der Waals surface area contributed by atoms with Crippen molar-refractivity contribution in [3.63, 3.8) is 0 Å². The second kappa shape index (κ2) is 4.97. The van der Waals surface area contributed by atoms with Gasteiger partial charge in [0.05, 0.1) is 12.6 Å². The van der Waals surface area contributed by atoms with Crippen LogP contribution in [0, 0.1) is 0 Å². The molecule has 13 heavy (non-hydrogen) atoms. The molecule has 0 aliphatic carbocycles. The molecule has 1 fully saturated rings. The molecule has 74 valence electrons. The second-order valence-corrected chi connectivity index (χ2v) is 3.26. The lowest BCUT2D eigenvalue weighted by Crippen LogP contribution is -2.42. The van der Waals surface area contributed by atoms with E-state index >= 15 is 0 Å². The Morgan fingerprint density at radius 2 is 2.46 bits per heavy atom. The Balaban J connectivity index is 2.45. The highest BCUT2D eigenvalue weighted by Gasteiger charge is 2.21. The lowest BCUT2D eigenvalue weighted by molar-refractivity contribution is -0.127. The van der Waals surface area contributed by atoms with Crippen molar-refractivity contribution in [2.24, 2.45) is 0 Å². The molecule has 0 saturated carbocycles. The quantitative estimate of drug-likeness (QED) is 0.626. The van der Waals surface area contributed by atoms with Crippen LogP contribution >= 0.6 is 0 Å². The van der Waals surface area contributed by atoms with Gasteiger partial charge in [0.1, 0.15) is 0 Å². The van der Waals surface area contributed by atoms with Crippen molar-refractivity contribution >= 4 is 11.7 Å². The fraction of sp³-hybridized carbons (Fsp3) is 0.778. The lowest BCUT2D eigenvalue weighted by atomic mass is 10.1. The Bertz CT molecular complexity index is 204. The van der Waals surface area contributed by atoms with Crippen molar-refractivity contribution < 1.29 is 9.59 Å². The summed E-state index contributed by atoms with van der Waals surface area (Å²) in [5, 5.41) is 5.75. The molecule has 1 aliphatic rings. The first kappa shape index (κ1) is 10.2. The van der Waals surface area contributed by atoms with E-state index in [2.05, 4.69) is 10.6 Å². The van der Waals surface area contributed by atoms with E-state index in [4.69, 9.17) is 0 Å². The van der Waals surface area contributed by atoms with Crippen LogP contribution in [0.3, 0.4) is 0 Å². The summed E-state index contributed by atoms with van der Waals surface area (Å²) in [5.74, 6) is 0.0551. The van der Waals surface area contributed by atoms with Gasteiger partial charge in [-0.05, 0) is 19.4 Å². The monoisotopic (exact) mass is 184 g/mol. The van der Waals surface area contributed by atoms with E-state index in [0.29, 0.717) is 13.0 Å². The Labute approximate surface area is 78.1 Å². The summed E-state index contributed by atoms with van der Waals surface area (Å²) in [5.41, 5.74) is 0. The minimum absolute atomic E-state index is 0.0414. The first-order chi connectivity index (χ1) is 6.24. The van der Waals surface area contributed by atoms with Crippen LogP contribution in [0.15, 0.2) is 0 Å². The van der Waals surface area contributed by atoms with Crippen LogP contribution in [0.4, 0.5) is 0 Å². The standard InChI is InChI=1S/C9H16N2O2/c1-2-9(13)11-7-4-3-5-10-6-8(7)12/h7,10H,2-6H2,1H3,(H,11,13). The van der Waals surface area contributed by atoms with Crippen LogP contribution in [-0.2, 0) is 9.59 Å². The van der Waals surface area contributed by atoms with Gasteiger partial charge < -0.3 is 10.6 Å². The number of Topliss-reactive ketones (excluding diaryl/α,β-unsaturated/α-hetero) is 1. The minimum Gasteiger partial charge on any atom is -0.346 e. The van der Waals surface area contributed by atoms with Gasteiger partial charge in [-0.15, -0.1) is 0 Å². The Morgan fingerprint density at radius 1 is 1.69 bits per heavy atom. The predicted octanol–water partition coefficient (Wildman–Crippen LogP) is -0.166. The third-order valence-corrected chi connectivity index (χ3v) is 2.19. The number of hydrogen-bond donors (Lipinski definition) is 2. The summed E-state index contributed by atoms with van der Waals surface area (Å²) in [6.45, 7) is 3.04. The van der Waals surface area contributed by atoms with Crippen LogP contribution < -0.4 is 10.6 Å². The van der Waals surface area contributed by atoms with Crippen molar-refractivity contribution in [2.45, 2.75) is 32.2 Å². The van der Waals surface area contributed by atoms with E-state index in [1.807, 2.05) is 0 Å². The van der Waals surface area contributed by atoms with Crippen molar-refractivity contribution in [1.82, 2.24) is 10.6 Å². The summed E-state index contributed by atoms with van der Waals surface area (Å²) in [4.78, 5) is 22.4. The Kier molecular flexibility index (Phi) is 3.89. The third-order valence-electron chi connectivity index (χ3n) is 2.19. The zero-order valence-electron chi connectivity index (χ0n) is 7.93. The van der Waals surface area contributed by atoms with Crippen LogP contribution in [0.2, 0.25) is 0 Å². The maximum absolute atomic E-state index is 11.4. The first-order valence-electron chi connectivity index (χ1n) is 4.77. The second-order valence-electron chi connectivity index (χ2n) is 3.26. The molecule has 0 spiro atoms. The highest BCUT2D eigenvalue weighted by atomic mass is 16.2. The molecule has 4 nitrogen and oxygen atoms in total. The molecule has 4 heteroatoms. The molecule has 2 N–H and O–H groups in total. The van der Waals surface area contributed by atoms with Crippen LogP contribution in [0.5, 0.6) is 0 Å². The number of nitrogens with one attached hydrogen (secondary N) is 2. The van der Waals surface area contributed by atoms with Gasteiger partial charge >= 0.3 is 0 Å². The molecule has 1 heterocycles. The van der Waals surface area contributed by atoms with Crippen molar-refractivity contribution in [2.75, 3.05) is 13.1 Å². The van der Waals surface area contributed by atoms with Gasteiger partial charge in [-0.3, -0.25) is 9.59 Å². The highest BCUT2D eigenvalue weighted by Crippen LogP contribution is 2.02. The molecule has 0 aromatic heterocycles. The van der Waals surface area contributed by atoms with Crippen LogP contribution in [0.25, 0.3) is 0 Å². The summed E-state index contributed by atoms with van der Waals surface area (Å²) in [6, 6.07) is -0.262. The summed E-state index contributed by atoms with van der Waals surface area (Å²) >= 11 is 0. The van der Waals surface area contributed by atoms with E-state index in [-0.39, 0.29) is 17.7 Å². The Hall–Kier alpha value is -0.900. The maximum atomic E-state index is 11.4. The maximum Gasteiger partial charge on any atom is 0.220 e. The Morgan fingerprint density at radius 3 is 3.15 bits per heavy atom. The molecule has 1 aliphatic heterocycles. The topological polar surface area (TPSA) is 58.2 Å². The number of carbonyl (C=O) groups excluding carboxylic acids is 2. The summed E-state index contributed by atoms with van der Waals surface area (Å²) < 4.78 is 0. The lowest BCUT2D eigenvalue weighted by Gasteiger charge is -2.13.